The maximum absolute atomic E-state index is 5.60. The molecule has 0 aliphatic heterocycles. The van der Waals surface area contributed by atoms with Gasteiger partial charge in [-0.05, 0) is 25.0 Å². The maximum atomic E-state index is 5.60. The molecule has 0 aliphatic carbocycles. The van der Waals surface area contributed by atoms with Crippen LogP contribution in [0.5, 0.6) is 0 Å². The molecule has 0 amide bonds. The Balaban J connectivity index is 2.59. The van der Waals surface area contributed by atoms with Crippen molar-refractivity contribution in [2.75, 3.05) is 6.54 Å². The van der Waals surface area contributed by atoms with E-state index in [1.165, 1.54) is 5.56 Å². The highest BCUT2D eigenvalue weighted by Crippen LogP contribution is 2.20. The van der Waals surface area contributed by atoms with Crippen LogP contribution in [0.3, 0.4) is 0 Å². The van der Waals surface area contributed by atoms with E-state index in [-0.39, 0.29) is 6.54 Å². The molecule has 1 aromatic heterocycles. The lowest BCUT2D eigenvalue weighted by Gasteiger charge is -2.05. The molecule has 0 spiro atoms. The highest BCUT2D eigenvalue weighted by molar-refractivity contribution is 5.86. The normalized spacial score (nSPS) is 12.1. The van der Waals surface area contributed by atoms with E-state index in [4.69, 9.17) is 11.5 Å². The van der Waals surface area contributed by atoms with Gasteiger partial charge >= 0.3 is 0 Å². The third-order valence-electron chi connectivity index (χ3n) is 2.80. The second-order valence-electron chi connectivity index (χ2n) is 4.12. The summed E-state index contributed by atoms with van der Waals surface area (Å²) in [6.45, 7) is 4.25. The maximum Gasteiger partial charge on any atom is 0.251 e. The number of fused-ring (bicyclic) bond motifs is 1. The molecule has 0 aliphatic rings. The molecule has 18 heavy (non-hydrogen) atoms. The van der Waals surface area contributed by atoms with Gasteiger partial charge in [0.15, 0.2) is 0 Å². The van der Waals surface area contributed by atoms with Gasteiger partial charge in [-0.2, -0.15) is 4.99 Å². The molecule has 0 unspecified atom stereocenters. The molecule has 0 bridgehead atoms. The molecule has 0 saturated heterocycles. The first-order valence-corrected chi connectivity index (χ1v) is 5.94. The molecular formula is C13H17N5. The molecule has 94 valence electrons. The summed E-state index contributed by atoms with van der Waals surface area (Å²) in [5.74, 6) is 0.705. The van der Waals surface area contributed by atoms with E-state index in [9.17, 15) is 0 Å². The van der Waals surface area contributed by atoms with Gasteiger partial charge < -0.3 is 11.5 Å². The molecule has 1 aromatic carbocycles. The van der Waals surface area contributed by atoms with Gasteiger partial charge in [-0.25, -0.2) is 9.97 Å². The minimum atomic E-state index is 0.204. The molecular weight excluding hydrogens is 226 g/mol. The van der Waals surface area contributed by atoms with Crippen molar-refractivity contribution in [1.29, 1.82) is 0 Å². The monoisotopic (exact) mass is 243 g/mol. The predicted octanol–water partition coefficient (Wildman–Crippen LogP) is 1.45. The van der Waals surface area contributed by atoms with Crippen molar-refractivity contribution in [2.24, 2.45) is 16.5 Å². The molecule has 0 saturated carbocycles. The minimum Gasteiger partial charge on any atom is -0.386 e. The van der Waals surface area contributed by atoms with Gasteiger partial charge in [-0.3, -0.25) is 0 Å². The van der Waals surface area contributed by atoms with E-state index in [1.807, 2.05) is 13.0 Å². The first kappa shape index (κ1) is 12.4. The average Bonchev–Trinajstić information content (AvgIpc) is 2.37. The Hall–Kier alpha value is -2.01. The fraction of sp³-hybridized carbons (Fsp3) is 0.308. The van der Waals surface area contributed by atoms with Gasteiger partial charge in [-0.1, -0.05) is 19.1 Å². The third kappa shape index (κ3) is 2.46. The summed E-state index contributed by atoms with van der Waals surface area (Å²) in [4.78, 5) is 12.8. The summed E-state index contributed by atoms with van der Waals surface area (Å²) in [6, 6.07) is 6.20. The van der Waals surface area contributed by atoms with Gasteiger partial charge in [-0.15, -0.1) is 0 Å². The standard InChI is InChI=1S/C13H17N5/c1-3-9-4-5-10-8(2)16-13(17-11(10)6-9)18-12(15)7-14/h4-6H,3,7,14H2,1-2H3,(H2,15,16,17,18). The zero-order chi connectivity index (χ0) is 13.1. The van der Waals surface area contributed by atoms with E-state index in [0.29, 0.717) is 11.8 Å². The van der Waals surface area contributed by atoms with Gasteiger partial charge in [0.25, 0.3) is 5.95 Å². The van der Waals surface area contributed by atoms with Crippen LogP contribution in [-0.4, -0.2) is 22.3 Å². The van der Waals surface area contributed by atoms with Gasteiger partial charge in [0.2, 0.25) is 0 Å². The number of nitrogens with zero attached hydrogens (tertiary/aromatic N) is 3. The van der Waals surface area contributed by atoms with Crippen LogP contribution in [0.15, 0.2) is 23.2 Å². The Morgan fingerprint density at radius 3 is 2.78 bits per heavy atom. The smallest absolute Gasteiger partial charge is 0.251 e. The number of nitrogens with two attached hydrogens (primary N) is 2. The molecule has 1 heterocycles. The Morgan fingerprint density at radius 2 is 2.11 bits per heavy atom. The lowest BCUT2D eigenvalue weighted by Crippen LogP contribution is -2.22. The summed E-state index contributed by atoms with van der Waals surface area (Å²) in [6.07, 6.45) is 0.975. The van der Waals surface area contributed by atoms with E-state index in [1.54, 1.807) is 0 Å². The van der Waals surface area contributed by atoms with Crippen molar-refractivity contribution in [3.63, 3.8) is 0 Å². The van der Waals surface area contributed by atoms with Crippen molar-refractivity contribution in [2.45, 2.75) is 20.3 Å². The third-order valence-corrected chi connectivity index (χ3v) is 2.80. The summed E-state index contributed by atoms with van der Waals surface area (Å²) in [5.41, 5.74) is 14.0. The highest BCUT2D eigenvalue weighted by Gasteiger charge is 2.05. The first-order valence-electron chi connectivity index (χ1n) is 5.94. The number of hydrogen-bond donors (Lipinski definition) is 2. The molecule has 5 heteroatoms. The quantitative estimate of drug-likeness (QED) is 0.630. The van der Waals surface area contributed by atoms with Crippen molar-refractivity contribution in [3.8, 4) is 0 Å². The lowest BCUT2D eigenvalue weighted by molar-refractivity contribution is 1.10. The van der Waals surface area contributed by atoms with Crippen LogP contribution in [0.25, 0.3) is 10.9 Å². The Kier molecular flexibility index (Phi) is 3.53. The number of aliphatic imine (C=N–C) groups is 1. The molecule has 5 nitrogen and oxygen atoms in total. The van der Waals surface area contributed by atoms with Gasteiger partial charge in [0, 0.05) is 5.39 Å². The van der Waals surface area contributed by atoms with Crippen molar-refractivity contribution in [1.82, 2.24) is 9.97 Å². The van der Waals surface area contributed by atoms with E-state index < -0.39 is 0 Å². The van der Waals surface area contributed by atoms with Crippen LogP contribution in [-0.2, 0) is 6.42 Å². The zero-order valence-corrected chi connectivity index (χ0v) is 10.6. The minimum absolute atomic E-state index is 0.204. The van der Waals surface area contributed by atoms with Crippen molar-refractivity contribution < 1.29 is 0 Å². The van der Waals surface area contributed by atoms with Crippen molar-refractivity contribution in [3.05, 3.63) is 29.5 Å². The lowest BCUT2D eigenvalue weighted by atomic mass is 10.1. The van der Waals surface area contributed by atoms with E-state index in [2.05, 4.69) is 34.0 Å². The SMILES string of the molecule is CCc1ccc2c(C)nc(/N=C(\N)CN)nc2c1. The van der Waals surface area contributed by atoms with E-state index in [0.717, 1.165) is 23.0 Å². The van der Waals surface area contributed by atoms with Crippen molar-refractivity contribution >= 4 is 22.7 Å². The van der Waals surface area contributed by atoms with Crippen LogP contribution in [0.4, 0.5) is 5.95 Å². The number of benzene rings is 1. The molecule has 4 N–H and O–H groups in total. The molecule has 2 aromatic rings. The summed E-state index contributed by atoms with van der Waals surface area (Å²) >= 11 is 0. The largest absolute Gasteiger partial charge is 0.386 e. The number of aromatic nitrogens is 2. The highest BCUT2D eigenvalue weighted by atomic mass is 15.1. The number of hydrogen-bond acceptors (Lipinski definition) is 4. The fourth-order valence-electron chi connectivity index (χ4n) is 1.76. The molecule has 0 fully saturated rings. The summed E-state index contributed by atoms with van der Waals surface area (Å²) in [7, 11) is 0. The number of aryl methyl sites for hydroxylation is 2. The summed E-state index contributed by atoms with van der Waals surface area (Å²) in [5, 5.41) is 1.04. The second kappa shape index (κ2) is 5.10. The van der Waals surface area contributed by atoms with Crippen LogP contribution in [0.1, 0.15) is 18.2 Å². The summed E-state index contributed by atoms with van der Waals surface area (Å²) < 4.78 is 0. The predicted molar refractivity (Wildman–Crippen MR) is 74.0 cm³/mol. The zero-order valence-electron chi connectivity index (χ0n) is 10.6. The Labute approximate surface area is 106 Å². The number of rotatable bonds is 3. The van der Waals surface area contributed by atoms with Gasteiger partial charge in [0.1, 0.15) is 5.84 Å². The van der Waals surface area contributed by atoms with Crippen LogP contribution in [0.2, 0.25) is 0 Å². The Bertz CT molecular complexity index is 604. The molecule has 2 rings (SSSR count). The first-order chi connectivity index (χ1) is 8.63. The molecule has 0 atom stereocenters. The van der Waals surface area contributed by atoms with Crippen LogP contribution in [0, 0.1) is 6.92 Å². The average molecular weight is 243 g/mol. The van der Waals surface area contributed by atoms with E-state index >= 15 is 0 Å². The number of amidine groups is 1. The van der Waals surface area contributed by atoms with Crippen LogP contribution >= 0.6 is 0 Å². The Morgan fingerprint density at radius 1 is 1.33 bits per heavy atom. The molecule has 0 radical (unpaired) electrons. The topological polar surface area (TPSA) is 90.2 Å². The fourth-order valence-corrected chi connectivity index (χ4v) is 1.76. The van der Waals surface area contributed by atoms with Crippen LogP contribution < -0.4 is 11.5 Å². The van der Waals surface area contributed by atoms with Gasteiger partial charge in [0.05, 0.1) is 17.8 Å². The second-order valence-corrected chi connectivity index (χ2v) is 4.12.